The zero-order valence-corrected chi connectivity index (χ0v) is 17.5. The topological polar surface area (TPSA) is 89.7 Å². The number of aromatic nitrogens is 3. The van der Waals surface area contributed by atoms with Crippen LogP contribution in [0.2, 0.25) is 0 Å². The van der Waals surface area contributed by atoms with Crippen molar-refractivity contribution in [3.8, 4) is 0 Å². The SMILES string of the molecule is COCCO[C@@H]1CCN(Cc2cccnc2)[C@H]1Cc1cnn(C)c1.O=C(O)C(F)(F)F. The van der Waals surface area contributed by atoms with Crippen molar-refractivity contribution in [2.24, 2.45) is 7.05 Å². The van der Waals surface area contributed by atoms with Crippen molar-refractivity contribution in [3.05, 3.63) is 48.0 Å². The molecule has 2 aromatic rings. The highest BCUT2D eigenvalue weighted by atomic mass is 19.4. The monoisotopic (exact) mass is 444 g/mol. The highest BCUT2D eigenvalue weighted by Gasteiger charge is 2.38. The lowest BCUT2D eigenvalue weighted by atomic mass is 10.0. The average Bonchev–Trinajstić information content (AvgIpc) is 3.29. The van der Waals surface area contributed by atoms with E-state index in [9.17, 15) is 13.2 Å². The second kappa shape index (κ2) is 11.8. The summed E-state index contributed by atoms with van der Waals surface area (Å²) in [6.45, 7) is 3.23. The Kier molecular flexibility index (Phi) is 9.41. The van der Waals surface area contributed by atoms with E-state index in [4.69, 9.17) is 19.4 Å². The summed E-state index contributed by atoms with van der Waals surface area (Å²) in [5.74, 6) is -2.76. The number of aryl methyl sites for hydroxylation is 1. The number of ether oxygens (including phenoxy) is 2. The third-order valence-corrected chi connectivity index (χ3v) is 4.77. The van der Waals surface area contributed by atoms with E-state index in [-0.39, 0.29) is 6.10 Å². The summed E-state index contributed by atoms with van der Waals surface area (Å²) < 4.78 is 44.8. The summed E-state index contributed by atoms with van der Waals surface area (Å²) >= 11 is 0. The molecule has 11 heteroatoms. The number of rotatable bonds is 8. The van der Waals surface area contributed by atoms with Crippen LogP contribution in [0.1, 0.15) is 17.5 Å². The third kappa shape index (κ3) is 8.27. The van der Waals surface area contributed by atoms with Gasteiger partial charge in [0.1, 0.15) is 0 Å². The number of methoxy groups -OCH3 is 1. The molecular weight excluding hydrogens is 417 g/mol. The molecule has 172 valence electrons. The van der Waals surface area contributed by atoms with Crippen LogP contribution in [0.4, 0.5) is 13.2 Å². The zero-order chi connectivity index (χ0) is 22.9. The van der Waals surface area contributed by atoms with E-state index in [0.29, 0.717) is 19.3 Å². The maximum Gasteiger partial charge on any atom is 0.490 e. The van der Waals surface area contributed by atoms with Gasteiger partial charge >= 0.3 is 12.1 Å². The summed E-state index contributed by atoms with van der Waals surface area (Å²) in [6.07, 6.45) is 4.95. The first-order valence-corrected chi connectivity index (χ1v) is 9.71. The lowest BCUT2D eigenvalue weighted by Gasteiger charge is -2.28. The molecule has 0 unspecified atom stereocenters. The van der Waals surface area contributed by atoms with Crippen LogP contribution in [0.15, 0.2) is 36.9 Å². The highest BCUT2D eigenvalue weighted by molar-refractivity contribution is 5.73. The van der Waals surface area contributed by atoms with Crippen LogP contribution in [-0.4, -0.2) is 75.9 Å². The molecular formula is C20H27F3N4O4. The average molecular weight is 444 g/mol. The van der Waals surface area contributed by atoms with Gasteiger partial charge in [-0.15, -0.1) is 0 Å². The van der Waals surface area contributed by atoms with Crippen molar-refractivity contribution < 1.29 is 32.5 Å². The molecule has 0 bridgehead atoms. The molecule has 8 nitrogen and oxygen atoms in total. The fourth-order valence-corrected chi connectivity index (χ4v) is 3.37. The highest BCUT2D eigenvalue weighted by Crippen LogP contribution is 2.26. The van der Waals surface area contributed by atoms with Crippen molar-refractivity contribution >= 4 is 5.97 Å². The van der Waals surface area contributed by atoms with Gasteiger partial charge in [-0.1, -0.05) is 6.07 Å². The largest absolute Gasteiger partial charge is 0.490 e. The molecule has 0 saturated carbocycles. The Hall–Kier alpha value is -2.50. The number of likely N-dealkylation sites (tertiary alicyclic amines) is 1. The molecule has 3 heterocycles. The fourth-order valence-electron chi connectivity index (χ4n) is 3.37. The van der Waals surface area contributed by atoms with Gasteiger partial charge in [-0.05, 0) is 30.0 Å². The molecule has 0 aliphatic carbocycles. The van der Waals surface area contributed by atoms with E-state index >= 15 is 0 Å². The van der Waals surface area contributed by atoms with Crippen LogP contribution < -0.4 is 0 Å². The lowest BCUT2D eigenvalue weighted by molar-refractivity contribution is -0.192. The summed E-state index contributed by atoms with van der Waals surface area (Å²) in [5.41, 5.74) is 2.49. The van der Waals surface area contributed by atoms with E-state index in [1.54, 1.807) is 7.11 Å². The molecule has 0 amide bonds. The second-order valence-corrected chi connectivity index (χ2v) is 7.12. The maximum absolute atomic E-state index is 10.6. The number of carbonyl (C=O) groups is 1. The molecule has 3 rings (SSSR count). The third-order valence-electron chi connectivity index (χ3n) is 4.77. The van der Waals surface area contributed by atoms with E-state index in [0.717, 1.165) is 25.9 Å². The van der Waals surface area contributed by atoms with Crippen LogP contribution in [0.3, 0.4) is 0 Å². The lowest BCUT2D eigenvalue weighted by Crippen LogP contribution is -2.38. The summed E-state index contributed by atoms with van der Waals surface area (Å²) in [7, 11) is 3.66. The fraction of sp³-hybridized carbons (Fsp3) is 0.550. The summed E-state index contributed by atoms with van der Waals surface area (Å²) in [6, 6.07) is 4.48. The standard InChI is InChI=1S/C18H26N4O2.C2HF3O2/c1-21-13-16(12-20-21)10-17-18(24-9-8-23-2)5-7-22(17)14-15-4-3-6-19-11-15;3-2(4,5)1(6)7/h3-4,6,11-13,17-18H,5,7-10,14H2,1-2H3;(H,6,7)/t17-,18+;/m0./s1. The van der Waals surface area contributed by atoms with Crippen molar-refractivity contribution in [1.82, 2.24) is 19.7 Å². The Morgan fingerprint density at radius 1 is 1.29 bits per heavy atom. The van der Waals surface area contributed by atoms with Crippen molar-refractivity contribution in [1.29, 1.82) is 0 Å². The minimum atomic E-state index is -5.08. The first-order chi connectivity index (χ1) is 14.7. The van der Waals surface area contributed by atoms with Gasteiger partial charge in [0.15, 0.2) is 0 Å². The predicted octanol–water partition coefficient (Wildman–Crippen LogP) is 2.30. The first kappa shape index (κ1) is 24.8. The molecule has 0 aromatic carbocycles. The van der Waals surface area contributed by atoms with Gasteiger partial charge in [-0.3, -0.25) is 14.6 Å². The Morgan fingerprint density at radius 2 is 2.03 bits per heavy atom. The van der Waals surface area contributed by atoms with Gasteiger partial charge in [0, 0.05) is 51.9 Å². The van der Waals surface area contributed by atoms with Gasteiger partial charge in [0.2, 0.25) is 0 Å². The van der Waals surface area contributed by atoms with Crippen LogP contribution in [0.25, 0.3) is 0 Å². The Balaban J connectivity index is 0.000000423. The van der Waals surface area contributed by atoms with E-state index < -0.39 is 12.1 Å². The quantitative estimate of drug-likeness (QED) is 0.625. The van der Waals surface area contributed by atoms with Crippen LogP contribution >= 0.6 is 0 Å². The molecule has 1 fully saturated rings. The van der Waals surface area contributed by atoms with Gasteiger partial charge in [0.05, 0.1) is 25.5 Å². The first-order valence-electron chi connectivity index (χ1n) is 9.71. The minimum absolute atomic E-state index is 0.233. The number of carboxylic acids is 1. The van der Waals surface area contributed by atoms with E-state index in [2.05, 4.69) is 27.2 Å². The number of carboxylic acid groups (broad SMARTS) is 1. The Morgan fingerprint density at radius 3 is 2.58 bits per heavy atom. The van der Waals surface area contributed by atoms with E-state index in [1.165, 1.54) is 11.1 Å². The number of nitrogens with zero attached hydrogens (tertiary/aromatic N) is 4. The zero-order valence-electron chi connectivity index (χ0n) is 17.5. The predicted molar refractivity (Wildman–Crippen MR) is 105 cm³/mol. The van der Waals surface area contributed by atoms with Crippen LogP contribution in [0.5, 0.6) is 0 Å². The molecule has 0 spiro atoms. The molecule has 31 heavy (non-hydrogen) atoms. The van der Waals surface area contributed by atoms with E-state index in [1.807, 2.05) is 36.4 Å². The Labute approximate surface area is 178 Å². The van der Waals surface area contributed by atoms with Crippen molar-refractivity contribution in [2.75, 3.05) is 26.9 Å². The molecule has 1 N–H and O–H groups in total. The van der Waals surface area contributed by atoms with Gasteiger partial charge in [0.25, 0.3) is 0 Å². The molecule has 2 atom stereocenters. The minimum Gasteiger partial charge on any atom is -0.475 e. The van der Waals surface area contributed by atoms with Crippen molar-refractivity contribution in [3.63, 3.8) is 0 Å². The number of aliphatic carboxylic acids is 1. The smallest absolute Gasteiger partial charge is 0.475 e. The normalized spacial score (nSPS) is 19.1. The number of hydrogen-bond donors (Lipinski definition) is 1. The van der Waals surface area contributed by atoms with Gasteiger partial charge in [-0.25, -0.2) is 4.79 Å². The van der Waals surface area contributed by atoms with Gasteiger partial charge in [-0.2, -0.15) is 18.3 Å². The number of halogens is 3. The molecule has 1 aliphatic rings. The second-order valence-electron chi connectivity index (χ2n) is 7.12. The maximum atomic E-state index is 10.6. The van der Waals surface area contributed by atoms with Crippen LogP contribution in [-0.2, 0) is 34.3 Å². The molecule has 1 saturated heterocycles. The van der Waals surface area contributed by atoms with Crippen molar-refractivity contribution in [2.45, 2.75) is 37.7 Å². The van der Waals surface area contributed by atoms with Crippen LogP contribution in [0, 0.1) is 0 Å². The number of hydrogen-bond acceptors (Lipinski definition) is 6. The molecule has 1 aliphatic heterocycles. The molecule has 0 radical (unpaired) electrons. The molecule has 2 aromatic heterocycles. The van der Waals surface area contributed by atoms with Gasteiger partial charge < -0.3 is 14.6 Å². The summed E-state index contributed by atoms with van der Waals surface area (Å²) in [4.78, 5) is 15.6. The Bertz CT molecular complexity index is 801. The number of alkyl halides is 3. The number of pyridine rings is 1. The summed E-state index contributed by atoms with van der Waals surface area (Å²) in [5, 5.41) is 11.4.